The Labute approximate surface area is 103 Å². The Morgan fingerprint density at radius 3 is 2.94 bits per heavy atom. The van der Waals surface area contributed by atoms with Gasteiger partial charge >= 0.3 is 0 Å². The Kier molecular flexibility index (Phi) is 3.25. The van der Waals surface area contributed by atoms with Gasteiger partial charge in [-0.15, -0.1) is 0 Å². The Morgan fingerprint density at radius 2 is 2.24 bits per heavy atom. The second-order valence-electron chi connectivity index (χ2n) is 5.26. The van der Waals surface area contributed by atoms with Crippen molar-refractivity contribution in [2.75, 3.05) is 13.2 Å². The van der Waals surface area contributed by atoms with Crippen molar-refractivity contribution >= 4 is 5.57 Å². The first-order chi connectivity index (χ1) is 8.04. The van der Waals surface area contributed by atoms with E-state index in [-0.39, 0.29) is 12.0 Å². The van der Waals surface area contributed by atoms with Crippen molar-refractivity contribution in [3.8, 4) is 5.75 Å². The van der Waals surface area contributed by atoms with Gasteiger partial charge in [-0.05, 0) is 42.0 Å². The molecule has 2 heteroatoms. The molecule has 1 heterocycles. The molecule has 2 nitrogen and oxygen atoms in total. The van der Waals surface area contributed by atoms with Gasteiger partial charge in [-0.3, -0.25) is 0 Å². The average molecular weight is 232 g/mol. The maximum atomic E-state index is 8.94. The Balaban J connectivity index is 2.45. The van der Waals surface area contributed by atoms with Crippen molar-refractivity contribution in [1.82, 2.24) is 0 Å². The Hall–Kier alpha value is -1.28. The van der Waals surface area contributed by atoms with E-state index in [2.05, 4.69) is 26.0 Å². The van der Waals surface area contributed by atoms with Gasteiger partial charge in [0.2, 0.25) is 0 Å². The van der Waals surface area contributed by atoms with E-state index in [1.165, 1.54) is 5.56 Å². The minimum atomic E-state index is 0.0861. The summed E-state index contributed by atoms with van der Waals surface area (Å²) in [6, 6.07) is 6.29. The molecule has 0 saturated carbocycles. The van der Waals surface area contributed by atoms with Gasteiger partial charge in [-0.2, -0.15) is 0 Å². The van der Waals surface area contributed by atoms with Crippen LogP contribution >= 0.6 is 0 Å². The number of fused-ring (bicyclic) bond motifs is 1. The third kappa shape index (κ3) is 2.37. The second kappa shape index (κ2) is 4.53. The molecule has 1 aromatic rings. The minimum absolute atomic E-state index is 0.0861. The summed E-state index contributed by atoms with van der Waals surface area (Å²) in [5.41, 5.74) is 3.71. The predicted octanol–water partition coefficient (Wildman–Crippen LogP) is 3.14. The standard InChI is InChI=1S/C15H20O2/c1-11(6-8-16)12-4-5-14-13(10-12)15(2,3)7-9-17-14/h4-6,10,16H,7-9H2,1-3H3. The van der Waals surface area contributed by atoms with Crippen molar-refractivity contribution in [2.24, 2.45) is 0 Å². The van der Waals surface area contributed by atoms with Crippen LogP contribution in [0.15, 0.2) is 24.3 Å². The zero-order chi connectivity index (χ0) is 12.5. The highest BCUT2D eigenvalue weighted by atomic mass is 16.5. The summed E-state index contributed by atoms with van der Waals surface area (Å²) in [7, 11) is 0. The number of ether oxygens (including phenoxy) is 1. The molecule has 0 fully saturated rings. The molecule has 17 heavy (non-hydrogen) atoms. The van der Waals surface area contributed by atoms with E-state index in [1.807, 2.05) is 19.1 Å². The van der Waals surface area contributed by atoms with Gasteiger partial charge in [0.05, 0.1) is 13.2 Å². The van der Waals surface area contributed by atoms with Gasteiger partial charge in [0, 0.05) is 5.56 Å². The fraction of sp³-hybridized carbons (Fsp3) is 0.467. The minimum Gasteiger partial charge on any atom is -0.493 e. The molecule has 0 saturated heterocycles. The third-order valence-electron chi connectivity index (χ3n) is 3.55. The van der Waals surface area contributed by atoms with Crippen LogP contribution in [0.4, 0.5) is 0 Å². The quantitative estimate of drug-likeness (QED) is 0.848. The largest absolute Gasteiger partial charge is 0.493 e. The molecule has 1 aromatic carbocycles. The molecule has 1 N–H and O–H groups in total. The van der Waals surface area contributed by atoms with E-state index >= 15 is 0 Å². The molecule has 1 aliphatic rings. The van der Waals surface area contributed by atoms with E-state index in [1.54, 1.807) is 0 Å². The van der Waals surface area contributed by atoms with Gasteiger partial charge in [0.15, 0.2) is 0 Å². The number of hydrogen-bond acceptors (Lipinski definition) is 2. The van der Waals surface area contributed by atoms with Crippen LogP contribution in [-0.2, 0) is 5.41 Å². The van der Waals surface area contributed by atoms with Gasteiger partial charge in [0.25, 0.3) is 0 Å². The molecule has 0 bridgehead atoms. The van der Waals surface area contributed by atoms with E-state index < -0.39 is 0 Å². The van der Waals surface area contributed by atoms with Crippen LogP contribution in [-0.4, -0.2) is 18.3 Å². The van der Waals surface area contributed by atoms with Crippen molar-refractivity contribution in [2.45, 2.75) is 32.6 Å². The Morgan fingerprint density at radius 1 is 1.47 bits per heavy atom. The summed E-state index contributed by atoms with van der Waals surface area (Å²) in [6.45, 7) is 7.41. The maximum absolute atomic E-state index is 8.94. The fourth-order valence-corrected chi connectivity index (χ4v) is 2.24. The topological polar surface area (TPSA) is 29.5 Å². The van der Waals surface area contributed by atoms with Crippen LogP contribution in [0, 0.1) is 0 Å². The molecule has 0 aliphatic carbocycles. The first-order valence-corrected chi connectivity index (χ1v) is 6.10. The summed E-state index contributed by atoms with van der Waals surface area (Å²) in [4.78, 5) is 0. The summed E-state index contributed by atoms with van der Waals surface area (Å²) < 4.78 is 5.68. The zero-order valence-corrected chi connectivity index (χ0v) is 10.8. The normalized spacial score (nSPS) is 18.5. The average Bonchev–Trinajstić information content (AvgIpc) is 2.29. The molecule has 0 amide bonds. The molecule has 2 rings (SSSR count). The van der Waals surface area contributed by atoms with Crippen LogP contribution in [0.1, 0.15) is 38.3 Å². The second-order valence-corrected chi connectivity index (χ2v) is 5.26. The number of aliphatic hydroxyl groups is 1. The first-order valence-electron chi connectivity index (χ1n) is 6.10. The molecular weight excluding hydrogens is 212 g/mol. The molecule has 0 unspecified atom stereocenters. The summed E-state index contributed by atoms with van der Waals surface area (Å²) in [5.74, 6) is 1.00. The van der Waals surface area contributed by atoms with E-state index in [9.17, 15) is 0 Å². The van der Waals surface area contributed by atoms with Crippen molar-refractivity contribution in [1.29, 1.82) is 0 Å². The molecule has 92 valence electrons. The van der Waals surface area contributed by atoms with Crippen molar-refractivity contribution in [3.05, 3.63) is 35.4 Å². The SMILES string of the molecule is CC(=CCO)c1ccc2c(c1)C(C)(C)CCO2. The Bertz CT molecular complexity index is 444. The van der Waals surface area contributed by atoms with Crippen LogP contribution in [0.5, 0.6) is 5.75 Å². The smallest absolute Gasteiger partial charge is 0.123 e. The lowest BCUT2D eigenvalue weighted by Crippen LogP contribution is -2.26. The van der Waals surface area contributed by atoms with Crippen molar-refractivity contribution in [3.63, 3.8) is 0 Å². The monoisotopic (exact) mass is 232 g/mol. The van der Waals surface area contributed by atoms with Crippen LogP contribution in [0.2, 0.25) is 0 Å². The van der Waals surface area contributed by atoms with Gasteiger partial charge in [-0.1, -0.05) is 26.0 Å². The molecule has 0 radical (unpaired) electrons. The van der Waals surface area contributed by atoms with Gasteiger partial charge < -0.3 is 9.84 Å². The predicted molar refractivity (Wildman–Crippen MR) is 70.3 cm³/mol. The van der Waals surface area contributed by atoms with Crippen molar-refractivity contribution < 1.29 is 9.84 Å². The maximum Gasteiger partial charge on any atom is 0.123 e. The molecule has 1 aliphatic heterocycles. The third-order valence-corrected chi connectivity index (χ3v) is 3.55. The molecular formula is C15H20O2. The zero-order valence-electron chi connectivity index (χ0n) is 10.8. The number of hydrogen-bond donors (Lipinski definition) is 1. The lowest BCUT2D eigenvalue weighted by atomic mass is 9.79. The van der Waals surface area contributed by atoms with E-state index in [0.29, 0.717) is 0 Å². The van der Waals surface area contributed by atoms with Gasteiger partial charge in [0.1, 0.15) is 5.75 Å². The highest BCUT2D eigenvalue weighted by molar-refractivity contribution is 5.66. The van der Waals surface area contributed by atoms with E-state index in [0.717, 1.165) is 29.9 Å². The summed E-state index contributed by atoms with van der Waals surface area (Å²) >= 11 is 0. The fourth-order valence-electron chi connectivity index (χ4n) is 2.24. The lowest BCUT2D eigenvalue weighted by Gasteiger charge is -2.32. The highest BCUT2D eigenvalue weighted by Crippen LogP contribution is 2.39. The highest BCUT2D eigenvalue weighted by Gasteiger charge is 2.28. The lowest BCUT2D eigenvalue weighted by molar-refractivity contribution is 0.234. The van der Waals surface area contributed by atoms with Crippen LogP contribution in [0.3, 0.4) is 0 Å². The number of aliphatic hydroxyl groups excluding tert-OH is 1. The first kappa shape index (κ1) is 12.2. The van der Waals surface area contributed by atoms with Crippen LogP contribution < -0.4 is 4.74 Å². The van der Waals surface area contributed by atoms with E-state index in [4.69, 9.17) is 9.84 Å². The van der Waals surface area contributed by atoms with Gasteiger partial charge in [-0.25, -0.2) is 0 Å². The van der Waals surface area contributed by atoms with Crippen LogP contribution in [0.25, 0.3) is 5.57 Å². The molecule has 0 aromatic heterocycles. The summed E-state index contributed by atoms with van der Waals surface area (Å²) in [5, 5.41) is 8.94. The summed E-state index contributed by atoms with van der Waals surface area (Å²) in [6.07, 6.45) is 2.88. The number of benzene rings is 1. The molecule has 0 atom stereocenters. The molecule has 0 spiro atoms. The number of rotatable bonds is 2. The number of allylic oxidation sites excluding steroid dienone is 1.